The highest BCUT2D eigenvalue weighted by molar-refractivity contribution is 7.89. The Morgan fingerprint density at radius 1 is 1.15 bits per heavy atom. The lowest BCUT2D eigenvalue weighted by Crippen LogP contribution is -2.28. The SMILES string of the molecule is COCCNS(=O)(=O)c1ccc(CNC(=O)Nc2cccc(Cl)c2)cc1. The van der Waals surface area contributed by atoms with Crippen LogP contribution in [0.4, 0.5) is 10.5 Å². The summed E-state index contributed by atoms with van der Waals surface area (Å²) >= 11 is 5.86. The zero-order valence-electron chi connectivity index (χ0n) is 14.2. The molecule has 0 aromatic heterocycles. The second-order valence-electron chi connectivity index (χ2n) is 5.35. The zero-order valence-corrected chi connectivity index (χ0v) is 15.7. The molecule has 3 N–H and O–H groups in total. The summed E-state index contributed by atoms with van der Waals surface area (Å²) in [5, 5.41) is 5.88. The van der Waals surface area contributed by atoms with Gasteiger partial charge >= 0.3 is 6.03 Å². The van der Waals surface area contributed by atoms with Crippen molar-refractivity contribution in [2.75, 3.05) is 25.6 Å². The van der Waals surface area contributed by atoms with Crippen LogP contribution in [0.1, 0.15) is 5.56 Å². The lowest BCUT2D eigenvalue weighted by Gasteiger charge is -2.09. The predicted molar refractivity (Wildman–Crippen MR) is 101 cm³/mol. The average Bonchev–Trinajstić information content (AvgIpc) is 2.60. The number of ether oxygens (including phenoxy) is 1. The fourth-order valence-electron chi connectivity index (χ4n) is 2.07. The zero-order chi connectivity index (χ0) is 19.0. The fourth-order valence-corrected chi connectivity index (χ4v) is 3.28. The molecule has 2 rings (SSSR count). The average molecular weight is 398 g/mol. The number of urea groups is 1. The summed E-state index contributed by atoms with van der Waals surface area (Å²) in [5.41, 5.74) is 1.35. The lowest BCUT2D eigenvalue weighted by atomic mass is 10.2. The number of carbonyl (C=O) groups is 1. The first-order valence-corrected chi connectivity index (χ1v) is 9.65. The van der Waals surface area contributed by atoms with Crippen LogP contribution in [0.15, 0.2) is 53.4 Å². The van der Waals surface area contributed by atoms with Gasteiger partial charge in [0.25, 0.3) is 0 Å². The number of anilines is 1. The third kappa shape index (κ3) is 6.30. The molecule has 0 bridgehead atoms. The van der Waals surface area contributed by atoms with Crippen molar-refractivity contribution in [3.05, 3.63) is 59.1 Å². The molecule has 0 aliphatic carbocycles. The van der Waals surface area contributed by atoms with Crippen LogP contribution in [0, 0.1) is 0 Å². The van der Waals surface area contributed by atoms with Gasteiger partial charge in [0.05, 0.1) is 11.5 Å². The lowest BCUT2D eigenvalue weighted by molar-refractivity contribution is 0.204. The molecular weight excluding hydrogens is 378 g/mol. The molecule has 0 aliphatic rings. The normalized spacial score (nSPS) is 11.2. The summed E-state index contributed by atoms with van der Waals surface area (Å²) < 4.78 is 31.4. The number of carbonyl (C=O) groups excluding carboxylic acids is 1. The maximum atomic E-state index is 12.1. The molecule has 2 amide bonds. The van der Waals surface area contributed by atoms with E-state index in [9.17, 15) is 13.2 Å². The number of methoxy groups -OCH3 is 1. The van der Waals surface area contributed by atoms with Crippen LogP contribution in [0.2, 0.25) is 5.02 Å². The minimum absolute atomic E-state index is 0.153. The van der Waals surface area contributed by atoms with Crippen molar-refractivity contribution >= 4 is 33.3 Å². The number of hydrogen-bond acceptors (Lipinski definition) is 4. The van der Waals surface area contributed by atoms with E-state index in [2.05, 4.69) is 15.4 Å². The highest BCUT2D eigenvalue weighted by atomic mass is 35.5. The number of rotatable bonds is 8. The van der Waals surface area contributed by atoms with E-state index in [1.54, 1.807) is 36.4 Å². The van der Waals surface area contributed by atoms with E-state index in [0.29, 0.717) is 17.3 Å². The van der Waals surface area contributed by atoms with Gasteiger partial charge in [0.2, 0.25) is 10.0 Å². The van der Waals surface area contributed by atoms with Crippen LogP contribution in [0.5, 0.6) is 0 Å². The van der Waals surface area contributed by atoms with Gasteiger partial charge in [0.15, 0.2) is 0 Å². The Bertz CT molecular complexity index is 841. The summed E-state index contributed by atoms with van der Waals surface area (Å²) in [6.45, 7) is 0.749. The summed E-state index contributed by atoms with van der Waals surface area (Å²) in [6, 6.07) is 12.7. The van der Waals surface area contributed by atoms with E-state index in [0.717, 1.165) is 5.56 Å². The van der Waals surface area contributed by atoms with Crippen LogP contribution >= 0.6 is 11.6 Å². The second kappa shape index (κ2) is 9.54. The van der Waals surface area contributed by atoms with Gasteiger partial charge in [-0.15, -0.1) is 0 Å². The molecule has 7 nitrogen and oxygen atoms in total. The molecule has 0 heterocycles. The fraction of sp³-hybridized carbons (Fsp3) is 0.235. The minimum atomic E-state index is -3.57. The van der Waals surface area contributed by atoms with E-state index in [1.807, 2.05) is 0 Å². The molecule has 0 aliphatic heterocycles. The summed E-state index contributed by atoms with van der Waals surface area (Å²) in [5.74, 6) is 0. The highest BCUT2D eigenvalue weighted by Gasteiger charge is 2.13. The number of sulfonamides is 1. The molecule has 0 radical (unpaired) electrons. The molecule has 26 heavy (non-hydrogen) atoms. The molecular formula is C17H20ClN3O4S. The van der Waals surface area contributed by atoms with Crippen LogP contribution in [-0.4, -0.2) is 34.7 Å². The van der Waals surface area contributed by atoms with Crippen molar-refractivity contribution in [1.29, 1.82) is 0 Å². The van der Waals surface area contributed by atoms with Crippen molar-refractivity contribution in [3.63, 3.8) is 0 Å². The van der Waals surface area contributed by atoms with E-state index in [1.165, 1.54) is 19.2 Å². The van der Waals surface area contributed by atoms with Crippen LogP contribution in [-0.2, 0) is 21.3 Å². The van der Waals surface area contributed by atoms with Gasteiger partial charge in [-0.25, -0.2) is 17.9 Å². The molecule has 140 valence electrons. The van der Waals surface area contributed by atoms with E-state index in [4.69, 9.17) is 16.3 Å². The topological polar surface area (TPSA) is 96.5 Å². The van der Waals surface area contributed by atoms with Crippen molar-refractivity contribution in [2.45, 2.75) is 11.4 Å². The summed E-state index contributed by atoms with van der Waals surface area (Å²) in [6.07, 6.45) is 0. The molecule has 0 fully saturated rings. The summed E-state index contributed by atoms with van der Waals surface area (Å²) in [4.78, 5) is 12.0. The molecule has 2 aromatic carbocycles. The van der Waals surface area contributed by atoms with Gasteiger partial charge in [-0.2, -0.15) is 0 Å². The first-order chi connectivity index (χ1) is 12.4. The number of amides is 2. The van der Waals surface area contributed by atoms with Crippen LogP contribution in [0.25, 0.3) is 0 Å². The van der Waals surface area contributed by atoms with E-state index >= 15 is 0 Å². The minimum Gasteiger partial charge on any atom is -0.383 e. The Balaban J connectivity index is 1.88. The van der Waals surface area contributed by atoms with Gasteiger partial charge in [-0.05, 0) is 35.9 Å². The van der Waals surface area contributed by atoms with Crippen LogP contribution in [0.3, 0.4) is 0 Å². The Labute approximate surface area is 157 Å². The molecule has 0 saturated heterocycles. The molecule has 2 aromatic rings. The Morgan fingerprint density at radius 2 is 1.88 bits per heavy atom. The third-order valence-electron chi connectivity index (χ3n) is 3.37. The summed E-state index contributed by atoms with van der Waals surface area (Å²) in [7, 11) is -2.07. The predicted octanol–water partition coefficient (Wildman–Crippen LogP) is 2.59. The van der Waals surface area contributed by atoms with E-state index in [-0.39, 0.29) is 24.0 Å². The first kappa shape index (κ1) is 20.2. The van der Waals surface area contributed by atoms with Crippen molar-refractivity contribution in [1.82, 2.24) is 10.0 Å². The second-order valence-corrected chi connectivity index (χ2v) is 7.56. The van der Waals surface area contributed by atoms with Gasteiger partial charge in [-0.1, -0.05) is 29.8 Å². The van der Waals surface area contributed by atoms with Crippen LogP contribution < -0.4 is 15.4 Å². The Kier molecular flexibility index (Phi) is 7.40. The van der Waals surface area contributed by atoms with Crippen molar-refractivity contribution in [3.8, 4) is 0 Å². The standard InChI is InChI=1S/C17H20ClN3O4S/c1-25-10-9-20-26(23,24)16-7-5-13(6-8-16)12-19-17(22)21-15-4-2-3-14(18)11-15/h2-8,11,20H,9-10,12H2,1H3,(H2,19,21,22). The molecule has 0 saturated carbocycles. The third-order valence-corrected chi connectivity index (χ3v) is 5.08. The molecule has 0 spiro atoms. The van der Waals surface area contributed by atoms with Crippen molar-refractivity contribution in [2.24, 2.45) is 0 Å². The quantitative estimate of drug-likeness (QED) is 0.596. The maximum Gasteiger partial charge on any atom is 0.319 e. The maximum absolute atomic E-state index is 12.1. The molecule has 9 heteroatoms. The Hall–Kier alpha value is -2.13. The van der Waals surface area contributed by atoms with Gasteiger partial charge in [0.1, 0.15) is 0 Å². The highest BCUT2D eigenvalue weighted by Crippen LogP contribution is 2.15. The van der Waals surface area contributed by atoms with Gasteiger partial charge in [0, 0.05) is 30.9 Å². The monoisotopic (exact) mass is 397 g/mol. The number of hydrogen-bond donors (Lipinski definition) is 3. The largest absolute Gasteiger partial charge is 0.383 e. The van der Waals surface area contributed by atoms with E-state index < -0.39 is 10.0 Å². The van der Waals surface area contributed by atoms with Gasteiger partial charge < -0.3 is 15.4 Å². The first-order valence-electron chi connectivity index (χ1n) is 7.79. The van der Waals surface area contributed by atoms with Crippen molar-refractivity contribution < 1.29 is 17.9 Å². The number of halogens is 1. The molecule has 0 unspecified atom stereocenters. The molecule has 0 atom stereocenters. The van der Waals surface area contributed by atoms with Gasteiger partial charge in [-0.3, -0.25) is 0 Å². The smallest absolute Gasteiger partial charge is 0.319 e. The number of nitrogens with one attached hydrogen (secondary N) is 3. The number of benzene rings is 2. The Morgan fingerprint density at radius 3 is 2.54 bits per heavy atom.